The normalized spacial score (nSPS) is 10.5. The maximum Gasteiger partial charge on any atom is 0.329 e. The molecule has 0 aliphatic heterocycles. The standard InChI is InChI=1S/C17H16ClN3O3/c1-11-13(18)7-5-8-14(11)20-16(22)17(23)21-19-10-12-6-3-4-9-15(12)24-2/h3-10H,1-2H3,(H,20,22)(H,21,23). The van der Waals surface area contributed by atoms with Crippen molar-refractivity contribution in [1.29, 1.82) is 0 Å². The first kappa shape index (κ1) is 17.5. The Morgan fingerprint density at radius 3 is 2.62 bits per heavy atom. The smallest absolute Gasteiger partial charge is 0.329 e. The molecule has 2 aromatic carbocycles. The number of hydrogen-bond donors (Lipinski definition) is 2. The first-order valence-electron chi connectivity index (χ1n) is 7.05. The van der Waals surface area contributed by atoms with Gasteiger partial charge in [-0.2, -0.15) is 5.10 Å². The second-order valence-electron chi connectivity index (χ2n) is 4.81. The highest BCUT2D eigenvalue weighted by Crippen LogP contribution is 2.22. The van der Waals surface area contributed by atoms with Gasteiger partial charge in [0.2, 0.25) is 0 Å². The van der Waals surface area contributed by atoms with E-state index in [2.05, 4.69) is 15.8 Å². The third kappa shape index (κ3) is 4.33. The molecule has 0 aliphatic rings. The Morgan fingerprint density at radius 2 is 1.88 bits per heavy atom. The van der Waals surface area contributed by atoms with Crippen molar-refractivity contribution in [2.45, 2.75) is 6.92 Å². The second-order valence-corrected chi connectivity index (χ2v) is 5.21. The minimum atomic E-state index is -0.888. The third-order valence-electron chi connectivity index (χ3n) is 3.23. The fourth-order valence-corrected chi connectivity index (χ4v) is 2.08. The number of rotatable bonds is 4. The molecular weight excluding hydrogens is 330 g/mol. The van der Waals surface area contributed by atoms with Crippen molar-refractivity contribution in [3.05, 3.63) is 58.6 Å². The highest BCUT2D eigenvalue weighted by Gasteiger charge is 2.14. The van der Waals surface area contributed by atoms with Crippen LogP contribution in [0.25, 0.3) is 0 Å². The van der Waals surface area contributed by atoms with Gasteiger partial charge in [-0.3, -0.25) is 9.59 Å². The van der Waals surface area contributed by atoms with E-state index < -0.39 is 11.8 Å². The summed E-state index contributed by atoms with van der Waals surface area (Å²) in [6.07, 6.45) is 1.40. The van der Waals surface area contributed by atoms with Gasteiger partial charge in [-0.1, -0.05) is 29.8 Å². The Kier molecular flexibility index (Phi) is 5.92. The monoisotopic (exact) mass is 345 g/mol. The van der Waals surface area contributed by atoms with Crippen LogP contribution < -0.4 is 15.5 Å². The van der Waals surface area contributed by atoms with Crippen molar-refractivity contribution in [3.63, 3.8) is 0 Å². The number of hydrazone groups is 1. The van der Waals surface area contributed by atoms with Gasteiger partial charge < -0.3 is 10.1 Å². The SMILES string of the molecule is COc1ccccc1C=NNC(=O)C(=O)Nc1cccc(Cl)c1C. The predicted molar refractivity (Wildman–Crippen MR) is 93.5 cm³/mol. The largest absolute Gasteiger partial charge is 0.496 e. The highest BCUT2D eigenvalue weighted by molar-refractivity contribution is 6.40. The van der Waals surface area contributed by atoms with Crippen LogP contribution in [0.2, 0.25) is 5.02 Å². The number of carbonyl (C=O) groups excluding carboxylic acids is 2. The molecule has 6 nitrogen and oxygen atoms in total. The Bertz CT molecular complexity index is 790. The number of benzene rings is 2. The van der Waals surface area contributed by atoms with E-state index in [0.717, 1.165) is 0 Å². The molecule has 2 amide bonds. The van der Waals surface area contributed by atoms with Gasteiger partial charge in [0.05, 0.1) is 13.3 Å². The average molecular weight is 346 g/mol. The van der Waals surface area contributed by atoms with Crippen molar-refractivity contribution in [2.75, 3.05) is 12.4 Å². The number of nitrogens with one attached hydrogen (secondary N) is 2. The lowest BCUT2D eigenvalue weighted by Gasteiger charge is -2.08. The summed E-state index contributed by atoms with van der Waals surface area (Å²) in [4.78, 5) is 23.7. The predicted octanol–water partition coefficient (Wildman–Crippen LogP) is 2.75. The Labute approximate surface area is 144 Å². The van der Waals surface area contributed by atoms with Crippen molar-refractivity contribution in [2.24, 2.45) is 5.10 Å². The molecule has 124 valence electrons. The highest BCUT2D eigenvalue weighted by atomic mass is 35.5. The summed E-state index contributed by atoms with van der Waals surface area (Å²) in [7, 11) is 1.53. The fraction of sp³-hybridized carbons (Fsp3) is 0.118. The van der Waals surface area contributed by atoms with E-state index in [4.69, 9.17) is 16.3 Å². The minimum Gasteiger partial charge on any atom is -0.496 e. The van der Waals surface area contributed by atoms with Crippen LogP contribution in [0, 0.1) is 6.92 Å². The molecule has 0 radical (unpaired) electrons. The number of anilines is 1. The van der Waals surface area contributed by atoms with E-state index in [1.54, 1.807) is 43.3 Å². The lowest BCUT2D eigenvalue weighted by molar-refractivity contribution is -0.136. The van der Waals surface area contributed by atoms with Gasteiger partial charge in [0.25, 0.3) is 0 Å². The zero-order valence-electron chi connectivity index (χ0n) is 13.2. The number of amides is 2. The maximum atomic E-state index is 11.9. The molecular formula is C17H16ClN3O3. The molecule has 2 N–H and O–H groups in total. The average Bonchev–Trinajstić information content (AvgIpc) is 2.59. The van der Waals surface area contributed by atoms with Crippen molar-refractivity contribution >= 4 is 35.3 Å². The topological polar surface area (TPSA) is 79.8 Å². The zero-order chi connectivity index (χ0) is 17.5. The summed E-state index contributed by atoms with van der Waals surface area (Å²) in [5, 5.41) is 6.75. The minimum absolute atomic E-state index is 0.469. The van der Waals surface area contributed by atoms with E-state index in [-0.39, 0.29) is 0 Å². The van der Waals surface area contributed by atoms with E-state index in [1.807, 2.05) is 6.07 Å². The zero-order valence-corrected chi connectivity index (χ0v) is 13.9. The molecule has 0 unspecified atom stereocenters. The first-order valence-corrected chi connectivity index (χ1v) is 7.43. The van der Waals surface area contributed by atoms with Gasteiger partial charge >= 0.3 is 11.8 Å². The molecule has 0 heterocycles. The Hall–Kier alpha value is -2.86. The van der Waals surface area contributed by atoms with Gasteiger partial charge in [-0.05, 0) is 36.8 Å². The van der Waals surface area contributed by atoms with Gasteiger partial charge in [-0.15, -0.1) is 0 Å². The molecule has 24 heavy (non-hydrogen) atoms. The van der Waals surface area contributed by atoms with Gasteiger partial charge in [0.1, 0.15) is 5.75 Å². The molecule has 0 spiro atoms. The van der Waals surface area contributed by atoms with Gasteiger partial charge in [0, 0.05) is 16.3 Å². The van der Waals surface area contributed by atoms with Crippen LogP contribution in [0.1, 0.15) is 11.1 Å². The number of halogens is 1. The molecule has 0 bridgehead atoms. The van der Waals surface area contributed by atoms with Crippen LogP contribution in [0.15, 0.2) is 47.6 Å². The molecule has 0 aromatic heterocycles. The van der Waals surface area contributed by atoms with Crippen LogP contribution >= 0.6 is 11.6 Å². The van der Waals surface area contributed by atoms with Crippen LogP contribution in [0.5, 0.6) is 5.75 Å². The number of hydrogen-bond acceptors (Lipinski definition) is 4. The van der Waals surface area contributed by atoms with E-state index >= 15 is 0 Å². The van der Waals surface area contributed by atoms with Gasteiger partial charge in [0.15, 0.2) is 0 Å². The summed E-state index contributed by atoms with van der Waals surface area (Å²) in [6, 6.07) is 12.2. The van der Waals surface area contributed by atoms with E-state index in [1.165, 1.54) is 13.3 Å². The summed E-state index contributed by atoms with van der Waals surface area (Å²) in [5.74, 6) is -1.12. The molecule has 7 heteroatoms. The van der Waals surface area contributed by atoms with E-state index in [9.17, 15) is 9.59 Å². The summed E-state index contributed by atoms with van der Waals surface area (Å²) < 4.78 is 5.16. The molecule has 2 aromatic rings. The third-order valence-corrected chi connectivity index (χ3v) is 3.64. The van der Waals surface area contributed by atoms with E-state index in [0.29, 0.717) is 27.6 Å². The van der Waals surface area contributed by atoms with Crippen LogP contribution in [0.4, 0.5) is 5.69 Å². The fourth-order valence-electron chi connectivity index (χ4n) is 1.91. The van der Waals surface area contributed by atoms with Crippen molar-refractivity contribution in [1.82, 2.24) is 5.43 Å². The summed E-state index contributed by atoms with van der Waals surface area (Å²) in [6.45, 7) is 1.75. The molecule has 0 aliphatic carbocycles. The van der Waals surface area contributed by atoms with Crippen LogP contribution in [0.3, 0.4) is 0 Å². The number of nitrogens with zero attached hydrogens (tertiary/aromatic N) is 1. The molecule has 0 saturated carbocycles. The summed E-state index contributed by atoms with van der Waals surface area (Å²) in [5.41, 5.74) is 3.99. The molecule has 2 rings (SSSR count). The Morgan fingerprint density at radius 1 is 1.12 bits per heavy atom. The molecule has 0 saturated heterocycles. The van der Waals surface area contributed by atoms with Crippen LogP contribution in [-0.4, -0.2) is 25.1 Å². The number of para-hydroxylation sites is 1. The number of ether oxygens (including phenoxy) is 1. The van der Waals surface area contributed by atoms with Crippen LogP contribution in [-0.2, 0) is 9.59 Å². The Balaban J connectivity index is 1.98. The lowest BCUT2D eigenvalue weighted by atomic mass is 10.2. The first-order chi connectivity index (χ1) is 11.5. The second kappa shape index (κ2) is 8.12. The number of methoxy groups -OCH3 is 1. The van der Waals surface area contributed by atoms with Crippen molar-refractivity contribution in [3.8, 4) is 5.75 Å². The maximum absolute atomic E-state index is 11.9. The van der Waals surface area contributed by atoms with Gasteiger partial charge in [-0.25, -0.2) is 5.43 Å². The number of carbonyl (C=O) groups is 2. The lowest BCUT2D eigenvalue weighted by Crippen LogP contribution is -2.32. The molecule has 0 fully saturated rings. The summed E-state index contributed by atoms with van der Waals surface area (Å²) >= 11 is 5.97. The molecule has 0 atom stereocenters. The quantitative estimate of drug-likeness (QED) is 0.508. The van der Waals surface area contributed by atoms with Crippen molar-refractivity contribution < 1.29 is 14.3 Å².